The first-order valence-electron chi connectivity index (χ1n) is 11.0. The lowest BCUT2D eigenvalue weighted by molar-refractivity contribution is 0.0911. The molecule has 0 saturated heterocycles. The Morgan fingerprint density at radius 2 is 1.76 bits per heavy atom. The van der Waals surface area contributed by atoms with Crippen molar-refractivity contribution in [2.45, 2.75) is 6.10 Å². The number of rotatable bonds is 5. The highest BCUT2D eigenvalue weighted by Gasteiger charge is 2.20. The molecular weight excluding hydrogens is 430 g/mol. The molecule has 0 spiro atoms. The van der Waals surface area contributed by atoms with Crippen molar-refractivity contribution in [3.8, 4) is 22.8 Å². The van der Waals surface area contributed by atoms with Crippen molar-refractivity contribution in [1.82, 2.24) is 15.3 Å². The molecule has 0 unspecified atom stereocenters. The number of H-pyrrole nitrogens is 1. The zero-order chi connectivity index (χ0) is 23.1. The summed E-state index contributed by atoms with van der Waals surface area (Å²) < 4.78 is 11.0. The van der Waals surface area contributed by atoms with Crippen LogP contribution in [0.15, 0.2) is 78.9 Å². The summed E-state index contributed by atoms with van der Waals surface area (Å²) in [6.07, 6.45) is -0.810. The lowest BCUT2D eigenvalue weighted by Crippen LogP contribution is -2.29. The van der Waals surface area contributed by atoms with Crippen molar-refractivity contribution in [3.05, 3.63) is 90.1 Å². The Kier molecular flexibility index (Phi) is 4.89. The van der Waals surface area contributed by atoms with E-state index in [0.717, 1.165) is 32.9 Å². The number of hydrogen-bond donors (Lipinski definition) is 3. The van der Waals surface area contributed by atoms with Crippen molar-refractivity contribution in [3.63, 3.8) is 0 Å². The van der Waals surface area contributed by atoms with Gasteiger partial charge in [-0.15, -0.1) is 0 Å². The van der Waals surface area contributed by atoms with E-state index in [-0.39, 0.29) is 24.9 Å². The van der Waals surface area contributed by atoms with Gasteiger partial charge in [-0.1, -0.05) is 48.5 Å². The molecule has 6 rings (SSSR count). The number of carbonyl (C=O) groups is 1. The van der Waals surface area contributed by atoms with E-state index in [1.165, 1.54) is 0 Å². The van der Waals surface area contributed by atoms with Gasteiger partial charge in [-0.05, 0) is 35.9 Å². The average molecular weight is 451 g/mol. The van der Waals surface area contributed by atoms with Crippen molar-refractivity contribution >= 4 is 27.7 Å². The summed E-state index contributed by atoms with van der Waals surface area (Å²) in [6, 6.07) is 24.6. The number of aromatic amines is 1. The number of carbonyl (C=O) groups excluding carboxylic acids is 1. The lowest BCUT2D eigenvalue weighted by Gasteiger charge is -2.13. The topological polar surface area (TPSA) is 96.5 Å². The second-order valence-electron chi connectivity index (χ2n) is 8.15. The van der Waals surface area contributed by atoms with Gasteiger partial charge in [0.25, 0.3) is 5.91 Å². The minimum Gasteiger partial charge on any atom is -0.454 e. The normalized spacial score (nSPS) is 13.3. The number of aliphatic hydroxyl groups is 1. The van der Waals surface area contributed by atoms with E-state index in [2.05, 4.69) is 10.3 Å². The minimum atomic E-state index is -0.810. The third kappa shape index (κ3) is 3.52. The highest BCUT2D eigenvalue weighted by atomic mass is 16.7. The van der Waals surface area contributed by atoms with E-state index < -0.39 is 6.10 Å². The van der Waals surface area contributed by atoms with Crippen LogP contribution in [0.2, 0.25) is 0 Å². The molecular formula is C27H21N3O4. The molecule has 5 aromatic rings. The molecule has 2 aromatic heterocycles. The molecule has 7 nitrogen and oxygen atoms in total. The van der Waals surface area contributed by atoms with Crippen LogP contribution in [-0.2, 0) is 0 Å². The summed E-state index contributed by atoms with van der Waals surface area (Å²) in [6.45, 7) is 0.260. The summed E-state index contributed by atoms with van der Waals surface area (Å²) in [5.74, 6) is 0.967. The van der Waals surface area contributed by atoms with Gasteiger partial charge in [-0.2, -0.15) is 0 Å². The number of nitrogens with zero attached hydrogens (tertiary/aromatic N) is 1. The predicted octanol–water partition coefficient (Wildman–Crippen LogP) is 4.58. The van der Waals surface area contributed by atoms with Crippen molar-refractivity contribution in [2.75, 3.05) is 13.3 Å². The maximum absolute atomic E-state index is 13.1. The maximum Gasteiger partial charge on any atom is 0.270 e. The molecule has 3 heterocycles. The quantitative estimate of drug-likeness (QED) is 0.364. The Morgan fingerprint density at radius 3 is 2.65 bits per heavy atom. The molecule has 7 heteroatoms. The number of nitrogens with one attached hydrogen (secondary N) is 2. The fraction of sp³-hybridized carbons (Fsp3) is 0.111. The van der Waals surface area contributed by atoms with Crippen LogP contribution in [0.25, 0.3) is 33.1 Å². The number of amides is 1. The smallest absolute Gasteiger partial charge is 0.270 e. The maximum atomic E-state index is 13.1. The third-order valence-corrected chi connectivity index (χ3v) is 6.02. The molecule has 168 valence electrons. The van der Waals surface area contributed by atoms with E-state index >= 15 is 0 Å². The summed E-state index contributed by atoms with van der Waals surface area (Å²) >= 11 is 0. The molecule has 1 aliphatic heterocycles. The Labute approximate surface area is 195 Å². The number of aromatic nitrogens is 2. The average Bonchev–Trinajstić information content (AvgIpc) is 3.51. The Balaban J connectivity index is 1.41. The first-order chi connectivity index (χ1) is 16.7. The van der Waals surface area contributed by atoms with Crippen LogP contribution in [0.3, 0.4) is 0 Å². The Morgan fingerprint density at radius 1 is 0.971 bits per heavy atom. The van der Waals surface area contributed by atoms with Crippen LogP contribution in [0, 0.1) is 0 Å². The van der Waals surface area contributed by atoms with Gasteiger partial charge in [-0.3, -0.25) is 4.79 Å². The number of benzene rings is 3. The first kappa shape index (κ1) is 20.3. The van der Waals surface area contributed by atoms with E-state index in [1.807, 2.05) is 72.8 Å². The third-order valence-electron chi connectivity index (χ3n) is 6.02. The molecule has 1 amide bonds. The van der Waals surface area contributed by atoms with Gasteiger partial charge in [0.1, 0.15) is 5.69 Å². The number of ether oxygens (including phenoxy) is 2. The molecule has 34 heavy (non-hydrogen) atoms. The number of pyridine rings is 1. The largest absolute Gasteiger partial charge is 0.454 e. The van der Waals surface area contributed by atoms with Crippen LogP contribution in [0.4, 0.5) is 0 Å². The van der Waals surface area contributed by atoms with Gasteiger partial charge in [-0.25, -0.2) is 4.98 Å². The van der Waals surface area contributed by atoms with Gasteiger partial charge in [0, 0.05) is 28.4 Å². The highest BCUT2D eigenvalue weighted by Crippen LogP contribution is 2.38. The molecule has 0 radical (unpaired) electrons. The standard InChI is InChI=1S/C27H21N3O4/c31-22(16-6-2-1-3-7-16)14-28-27(32)21-13-19-18-8-4-5-9-20(18)29-26(19)25(30-21)17-10-11-23-24(12-17)34-15-33-23/h1-13,22,29,31H,14-15H2,(H,28,32)/t22-/m1/s1. The summed E-state index contributed by atoms with van der Waals surface area (Å²) in [5, 5.41) is 15.2. The molecule has 3 aromatic carbocycles. The molecule has 0 bridgehead atoms. The minimum absolute atomic E-state index is 0.0792. The predicted molar refractivity (Wildman–Crippen MR) is 129 cm³/mol. The van der Waals surface area contributed by atoms with Gasteiger partial charge in [0.05, 0.1) is 17.3 Å². The SMILES string of the molecule is O=C(NC[C@@H](O)c1ccccc1)c1cc2c([nH]c3ccccc32)c(-c2ccc3c(c2)OCO3)n1. The fourth-order valence-electron chi connectivity index (χ4n) is 4.29. The number of aliphatic hydroxyl groups excluding tert-OH is 1. The van der Waals surface area contributed by atoms with Crippen molar-refractivity contribution < 1.29 is 19.4 Å². The van der Waals surface area contributed by atoms with E-state index in [4.69, 9.17) is 14.5 Å². The van der Waals surface area contributed by atoms with E-state index in [9.17, 15) is 9.90 Å². The molecule has 3 N–H and O–H groups in total. The number of fused-ring (bicyclic) bond motifs is 4. The molecule has 1 atom stereocenters. The van der Waals surface area contributed by atoms with Crippen LogP contribution >= 0.6 is 0 Å². The summed E-state index contributed by atoms with van der Waals surface area (Å²) in [7, 11) is 0. The van der Waals surface area contributed by atoms with Crippen molar-refractivity contribution in [2.24, 2.45) is 0 Å². The number of para-hydroxylation sites is 1. The lowest BCUT2D eigenvalue weighted by atomic mass is 10.1. The molecule has 1 aliphatic rings. The Bertz CT molecular complexity index is 1530. The van der Waals surface area contributed by atoms with Crippen LogP contribution < -0.4 is 14.8 Å². The van der Waals surface area contributed by atoms with E-state index in [0.29, 0.717) is 17.2 Å². The summed E-state index contributed by atoms with van der Waals surface area (Å²) in [5.41, 5.74) is 4.24. The van der Waals surface area contributed by atoms with Gasteiger partial charge in [0.15, 0.2) is 11.5 Å². The van der Waals surface area contributed by atoms with Crippen LogP contribution in [-0.4, -0.2) is 34.3 Å². The van der Waals surface area contributed by atoms with Gasteiger partial charge >= 0.3 is 0 Å². The highest BCUT2D eigenvalue weighted by molar-refractivity contribution is 6.13. The second kappa shape index (κ2) is 8.20. The van der Waals surface area contributed by atoms with Crippen LogP contribution in [0.1, 0.15) is 22.2 Å². The Hall–Kier alpha value is -4.36. The molecule has 0 fully saturated rings. The monoisotopic (exact) mass is 451 g/mol. The fourth-order valence-corrected chi connectivity index (χ4v) is 4.29. The molecule has 0 saturated carbocycles. The second-order valence-corrected chi connectivity index (χ2v) is 8.15. The van der Waals surface area contributed by atoms with E-state index in [1.54, 1.807) is 6.07 Å². The zero-order valence-corrected chi connectivity index (χ0v) is 18.1. The number of hydrogen-bond acceptors (Lipinski definition) is 5. The summed E-state index contributed by atoms with van der Waals surface area (Å²) in [4.78, 5) is 21.3. The van der Waals surface area contributed by atoms with Gasteiger partial charge < -0.3 is 24.9 Å². The van der Waals surface area contributed by atoms with Crippen LogP contribution in [0.5, 0.6) is 11.5 Å². The molecule has 0 aliphatic carbocycles. The van der Waals surface area contributed by atoms with Crippen molar-refractivity contribution in [1.29, 1.82) is 0 Å². The van der Waals surface area contributed by atoms with Gasteiger partial charge in [0.2, 0.25) is 6.79 Å². The first-order valence-corrected chi connectivity index (χ1v) is 11.0. The zero-order valence-electron chi connectivity index (χ0n) is 18.1.